The molecule has 0 spiro atoms. The number of nitrogens with one attached hydrogen (secondary N) is 2. The van der Waals surface area contributed by atoms with E-state index in [0.29, 0.717) is 0 Å². The molecule has 0 saturated carbocycles. The number of fused-ring (bicyclic) bond motifs is 3. The first-order valence-corrected chi connectivity index (χ1v) is 11.0. The summed E-state index contributed by atoms with van der Waals surface area (Å²) in [7, 11) is 0. The fourth-order valence-corrected chi connectivity index (χ4v) is 4.13. The lowest BCUT2D eigenvalue weighted by Crippen LogP contribution is -2.55. The Labute approximate surface area is 193 Å². The van der Waals surface area contributed by atoms with Crippen molar-refractivity contribution >= 4 is 18.0 Å². The quantitative estimate of drug-likeness (QED) is 0.462. The SMILES string of the molecule is CC(C)C[C@@H](NC(=O)OCC1c2ccccc2-c2ccccc21)C(=O)NC(C(=O)O)C(C)O. The third kappa shape index (κ3) is 5.70. The summed E-state index contributed by atoms with van der Waals surface area (Å²) in [5.74, 6) is -2.12. The molecule has 2 amide bonds. The molecule has 3 atom stereocenters. The number of carboxylic acids is 1. The average Bonchev–Trinajstić information content (AvgIpc) is 3.08. The maximum absolute atomic E-state index is 12.7. The molecule has 8 nitrogen and oxygen atoms in total. The highest BCUT2D eigenvalue weighted by Crippen LogP contribution is 2.44. The molecule has 0 radical (unpaired) electrons. The topological polar surface area (TPSA) is 125 Å². The van der Waals surface area contributed by atoms with Crippen molar-refractivity contribution in [2.75, 3.05) is 6.61 Å². The molecule has 33 heavy (non-hydrogen) atoms. The number of aliphatic hydroxyl groups excluding tert-OH is 1. The molecule has 2 aromatic carbocycles. The Morgan fingerprint density at radius 1 is 0.939 bits per heavy atom. The van der Waals surface area contributed by atoms with E-state index in [2.05, 4.69) is 10.6 Å². The fourth-order valence-electron chi connectivity index (χ4n) is 4.13. The van der Waals surface area contributed by atoms with Gasteiger partial charge in [0.05, 0.1) is 6.10 Å². The molecule has 1 aliphatic carbocycles. The van der Waals surface area contributed by atoms with Gasteiger partial charge < -0.3 is 25.6 Å². The number of hydrogen-bond acceptors (Lipinski definition) is 5. The van der Waals surface area contributed by atoms with E-state index in [-0.39, 0.29) is 24.9 Å². The zero-order valence-corrected chi connectivity index (χ0v) is 18.9. The molecule has 2 unspecified atom stereocenters. The van der Waals surface area contributed by atoms with E-state index >= 15 is 0 Å². The van der Waals surface area contributed by atoms with E-state index in [1.807, 2.05) is 62.4 Å². The van der Waals surface area contributed by atoms with Crippen LogP contribution < -0.4 is 10.6 Å². The summed E-state index contributed by atoms with van der Waals surface area (Å²) in [5.41, 5.74) is 4.36. The van der Waals surface area contributed by atoms with Gasteiger partial charge in [0.15, 0.2) is 6.04 Å². The van der Waals surface area contributed by atoms with Crippen LogP contribution in [0, 0.1) is 5.92 Å². The number of carbonyl (C=O) groups is 3. The van der Waals surface area contributed by atoms with Crippen LogP contribution in [0.1, 0.15) is 44.2 Å². The van der Waals surface area contributed by atoms with Gasteiger partial charge >= 0.3 is 12.1 Å². The monoisotopic (exact) mass is 454 g/mol. The first-order chi connectivity index (χ1) is 15.7. The molecular weight excluding hydrogens is 424 g/mol. The number of amides is 2. The van der Waals surface area contributed by atoms with Gasteiger partial charge in [-0.15, -0.1) is 0 Å². The van der Waals surface area contributed by atoms with Crippen molar-refractivity contribution in [2.24, 2.45) is 5.92 Å². The van der Waals surface area contributed by atoms with E-state index in [4.69, 9.17) is 4.74 Å². The minimum atomic E-state index is -1.48. The minimum absolute atomic E-state index is 0.0458. The summed E-state index contributed by atoms with van der Waals surface area (Å²) < 4.78 is 5.51. The Kier molecular flexibility index (Phi) is 7.71. The second-order valence-corrected chi connectivity index (χ2v) is 8.72. The molecule has 8 heteroatoms. The summed E-state index contributed by atoms with van der Waals surface area (Å²) in [6.07, 6.45) is -1.77. The van der Waals surface area contributed by atoms with Gasteiger partial charge in [0.1, 0.15) is 12.6 Å². The Morgan fingerprint density at radius 2 is 1.48 bits per heavy atom. The third-order valence-electron chi connectivity index (χ3n) is 5.71. The number of carbonyl (C=O) groups excluding carboxylic acids is 2. The number of benzene rings is 2. The molecule has 0 bridgehead atoms. The predicted molar refractivity (Wildman–Crippen MR) is 123 cm³/mol. The molecule has 0 aliphatic heterocycles. The van der Waals surface area contributed by atoms with Crippen molar-refractivity contribution in [3.05, 3.63) is 59.7 Å². The van der Waals surface area contributed by atoms with Crippen molar-refractivity contribution in [3.63, 3.8) is 0 Å². The van der Waals surface area contributed by atoms with Crippen LogP contribution in [-0.4, -0.2) is 53.0 Å². The van der Waals surface area contributed by atoms with Crippen molar-refractivity contribution in [2.45, 2.75) is 51.3 Å². The fraction of sp³-hybridized carbons (Fsp3) is 0.400. The van der Waals surface area contributed by atoms with Crippen molar-refractivity contribution in [1.82, 2.24) is 10.6 Å². The molecule has 4 N–H and O–H groups in total. The van der Waals surface area contributed by atoms with Crippen LogP contribution in [-0.2, 0) is 14.3 Å². The van der Waals surface area contributed by atoms with Gasteiger partial charge in [-0.05, 0) is 41.5 Å². The molecular formula is C25H30N2O6. The predicted octanol–water partition coefficient (Wildman–Crippen LogP) is 2.89. The number of ether oxygens (including phenoxy) is 1. The lowest BCUT2D eigenvalue weighted by atomic mass is 9.98. The Morgan fingerprint density at radius 3 is 1.97 bits per heavy atom. The Bertz CT molecular complexity index is 974. The standard InChI is InChI=1S/C25H30N2O6/c1-14(2)12-21(23(29)27-22(15(3)28)24(30)31)26-25(32)33-13-20-18-10-6-4-8-16(18)17-9-5-7-11-19(17)20/h4-11,14-15,20-22,28H,12-13H2,1-3H3,(H,26,32)(H,27,29)(H,30,31)/t15?,21-,22?/m1/s1. The van der Waals surface area contributed by atoms with Gasteiger partial charge in [-0.1, -0.05) is 62.4 Å². The van der Waals surface area contributed by atoms with E-state index < -0.39 is 36.2 Å². The molecule has 0 heterocycles. The largest absolute Gasteiger partial charge is 0.480 e. The summed E-state index contributed by atoms with van der Waals surface area (Å²) in [6, 6.07) is 13.5. The summed E-state index contributed by atoms with van der Waals surface area (Å²) >= 11 is 0. The second kappa shape index (κ2) is 10.5. The lowest BCUT2D eigenvalue weighted by molar-refractivity contribution is -0.145. The Hall–Kier alpha value is -3.39. The van der Waals surface area contributed by atoms with E-state index in [0.717, 1.165) is 22.3 Å². The van der Waals surface area contributed by atoms with E-state index in [1.165, 1.54) is 6.92 Å². The van der Waals surface area contributed by atoms with Crippen LogP contribution in [0.5, 0.6) is 0 Å². The summed E-state index contributed by atoms with van der Waals surface area (Å²) in [5, 5.41) is 23.7. The molecule has 2 aromatic rings. The molecule has 0 saturated heterocycles. The number of alkyl carbamates (subject to hydrolysis) is 1. The van der Waals surface area contributed by atoms with Crippen LogP contribution in [0.4, 0.5) is 4.79 Å². The highest BCUT2D eigenvalue weighted by atomic mass is 16.5. The molecule has 0 aromatic heterocycles. The zero-order valence-electron chi connectivity index (χ0n) is 18.9. The second-order valence-electron chi connectivity index (χ2n) is 8.72. The normalized spacial score (nSPS) is 15.2. The molecule has 3 rings (SSSR count). The first-order valence-electron chi connectivity index (χ1n) is 11.0. The van der Waals surface area contributed by atoms with Crippen LogP contribution >= 0.6 is 0 Å². The Balaban J connectivity index is 1.67. The van der Waals surface area contributed by atoms with Gasteiger partial charge in [0.25, 0.3) is 0 Å². The summed E-state index contributed by atoms with van der Waals surface area (Å²) in [6.45, 7) is 5.13. The smallest absolute Gasteiger partial charge is 0.407 e. The number of aliphatic hydroxyl groups is 1. The van der Waals surface area contributed by atoms with Gasteiger partial charge in [0, 0.05) is 5.92 Å². The van der Waals surface area contributed by atoms with Gasteiger partial charge in [-0.25, -0.2) is 9.59 Å². The first kappa shape index (κ1) is 24.3. The maximum atomic E-state index is 12.7. The minimum Gasteiger partial charge on any atom is -0.480 e. The van der Waals surface area contributed by atoms with Crippen molar-refractivity contribution < 1.29 is 29.3 Å². The summed E-state index contributed by atoms with van der Waals surface area (Å²) in [4.78, 5) is 36.6. The van der Waals surface area contributed by atoms with Crippen LogP contribution in [0.15, 0.2) is 48.5 Å². The van der Waals surface area contributed by atoms with Crippen molar-refractivity contribution in [1.29, 1.82) is 0 Å². The van der Waals surface area contributed by atoms with Gasteiger partial charge in [-0.2, -0.15) is 0 Å². The number of hydrogen-bond donors (Lipinski definition) is 4. The number of carboxylic acid groups (broad SMARTS) is 1. The van der Waals surface area contributed by atoms with Crippen LogP contribution in [0.25, 0.3) is 11.1 Å². The van der Waals surface area contributed by atoms with Gasteiger partial charge in [0.2, 0.25) is 5.91 Å². The van der Waals surface area contributed by atoms with Gasteiger partial charge in [-0.3, -0.25) is 4.79 Å². The zero-order chi connectivity index (χ0) is 24.1. The van der Waals surface area contributed by atoms with Crippen LogP contribution in [0.3, 0.4) is 0 Å². The molecule has 176 valence electrons. The highest BCUT2D eigenvalue weighted by molar-refractivity contribution is 5.89. The highest BCUT2D eigenvalue weighted by Gasteiger charge is 2.32. The number of aliphatic carboxylic acids is 1. The maximum Gasteiger partial charge on any atom is 0.407 e. The van der Waals surface area contributed by atoms with Crippen molar-refractivity contribution in [3.8, 4) is 11.1 Å². The number of rotatable bonds is 9. The molecule has 1 aliphatic rings. The lowest BCUT2D eigenvalue weighted by Gasteiger charge is -2.24. The average molecular weight is 455 g/mol. The molecule has 0 fully saturated rings. The third-order valence-corrected chi connectivity index (χ3v) is 5.71. The van der Waals surface area contributed by atoms with Crippen LogP contribution in [0.2, 0.25) is 0 Å². The van der Waals surface area contributed by atoms with E-state index in [1.54, 1.807) is 0 Å². The van der Waals surface area contributed by atoms with E-state index in [9.17, 15) is 24.6 Å².